The molecule has 0 aliphatic heterocycles. The number of aromatic nitrogens is 1. The summed E-state index contributed by atoms with van der Waals surface area (Å²) in [6, 6.07) is 16.3. The molecule has 32 heavy (non-hydrogen) atoms. The average molecular weight is 428 g/mol. The summed E-state index contributed by atoms with van der Waals surface area (Å²) in [5.41, 5.74) is 12.9. The maximum absolute atomic E-state index is 9.91. The van der Waals surface area contributed by atoms with E-state index in [4.69, 9.17) is 15.2 Å². The number of nitrogen functional groups attached to an aromatic ring is 1. The van der Waals surface area contributed by atoms with Crippen LogP contribution in [0.3, 0.4) is 0 Å². The number of hydrogen-bond acceptors (Lipinski definition) is 5. The van der Waals surface area contributed by atoms with Crippen LogP contribution in [0.4, 0.5) is 5.82 Å². The molecule has 3 aromatic rings. The van der Waals surface area contributed by atoms with Crippen molar-refractivity contribution in [1.29, 1.82) is 5.26 Å². The van der Waals surface area contributed by atoms with Crippen LogP contribution in [0.15, 0.2) is 42.5 Å². The second-order valence-electron chi connectivity index (χ2n) is 8.33. The van der Waals surface area contributed by atoms with Crippen LogP contribution in [-0.2, 0) is 19.4 Å². The van der Waals surface area contributed by atoms with Crippen LogP contribution < -0.4 is 15.2 Å². The molecule has 1 heterocycles. The highest BCUT2D eigenvalue weighted by atomic mass is 16.5. The molecule has 0 unspecified atom stereocenters. The SMILES string of the molecule is COc1ccc(-c2c(C#N)c(N)nc3c2CCCCCC3)cc1COc1ccc(C)cc1. The van der Waals surface area contributed by atoms with E-state index in [9.17, 15) is 5.26 Å². The fraction of sp³-hybridized carbons (Fsp3) is 0.333. The Kier molecular flexibility index (Phi) is 6.61. The van der Waals surface area contributed by atoms with Crippen LogP contribution >= 0.6 is 0 Å². The van der Waals surface area contributed by atoms with Crippen molar-refractivity contribution in [3.63, 3.8) is 0 Å². The first kappa shape index (κ1) is 21.7. The zero-order valence-corrected chi connectivity index (χ0v) is 18.8. The number of rotatable bonds is 5. The number of anilines is 1. The standard InChI is InChI=1S/C27H29N3O2/c1-18-9-12-21(13-10-18)32-17-20-15-19(11-14-25(20)31-2)26-22-7-5-3-4-6-8-24(22)30-27(29)23(26)16-28/h9-15H,3-8,17H2,1-2H3,(H2,29,30). The van der Waals surface area contributed by atoms with Crippen LogP contribution in [0.25, 0.3) is 11.1 Å². The van der Waals surface area contributed by atoms with E-state index in [2.05, 4.69) is 17.1 Å². The summed E-state index contributed by atoms with van der Waals surface area (Å²) >= 11 is 0. The minimum atomic E-state index is 0.315. The van der Waals surface area contributed by atoms with Gasteiger partial charge in [0, 0.05) is 16.8 Å². The predicted molar refractivity (Wildman–Crippen MR) is 127 cm³/mol. The van der Waals surface area contributed by atoms with E-state index in [1.54, 1.807) is 7.11 Å². The van der Waals surface area contributed by atoms with Gasteiger partial charge in [0.25, 0.3) is 0 Å². The van der Waals surface area contributed by atoms with Gasteiger partial charge in [-0.3, -0.25) is 0 Å². The van der Waals surface area contributed by atoms with Gasteiger partial charge in [0.1, 0.15) is 35.6 Å². The Labute approximate surface area is 189 Å². The van der Waals surface area contributed by atoms with E-state index in [0.717, 1.165) is 65.1 Å². The normalized spacial score (nSPS) is 13.4. The molecule has 0 atom stereocenters. The maximum atomic E-state index is 9.91. The van der Waals surface area contributed by atoms with Gasteiger partial charge in [-0.15, -0.1) is 0 Å². The van der Waals surface area contributed by atoms with E-state index in [1.807, 2.05) is 43.3 Å². The topological polar surface area (TPSA) is 81.2 Å². The molecule has 0 bridgehead atoms. The molecule has 0 saturated heterocycles. The number of nitrogens with zero attached hydrogens (tertiary/aromatic N) is 2. The number of ether oxygens (including phenoxy) is 2. The molecule has 4 rings (SSSR count). The Morgan fingerprint density at radius 2 is 1.78 bits per heavy atom. The zero-order chi connectivity index (χ0) is 22.5. The van der Waals surface area contributed by atoms with Gasteiger partial charge < -0.3 is 15.2 Å². The zero-order valence-electron chi connectivity index (χ0n) is 18.8. The van der Waals surface area contributed by atoms with E-state index < -0.39 is 0 Å². The van der Waals surface area contributed by atoms with Gasteiger partial charge in [0.15, 0.2) is 0 Å². The van der Waals surface area contributed by atoms with Gasteiger partial charge in [-0.1, -0.05) is 36.6 Å². The lowest BCUT2D eigenvalue weighted by Crippen LogP contribution is -2.10. The minimum absolute atomic E-state index is 0.315. The molecule has 0 fully saturated rings. The number of fused-ring (bicyclic) bond motifs is 1. The quantitative estimate of drug-likeness (QED) is 0.560. The third kappa shape index (κ3) is 4.55. The first-order valence-electron chi connectivity index (χ1n) is 11.2. The van der Waals surface area contributed by atoms with Crippen molar-refractivity contribution in [3.8, 4) is 28.7 Å². The van der Waals surface area contributed by atoms with Crippen molar-refractivity contribution in [2.75, 3.05) is 12.8 Å². The van der Waals surface area contributed by atoms with Gasteiger partial charge in [0.05, 0.1) is 7.11 Å². The van der Waals surface area contributed by atoms with Crippen molar-refractivity contribution < 1.29 is 9.47 Å². The summed E-state index contributed by atoms with van der Waals surface area (Å²) in [5.74, 6) is 1.87. The maximum Gasteiger partial charge on any atom is 0.142 e. The Hall–Kier alpha value is -3.52. The minimum Gasteiger partial charge on any atom is -0.496 e. The number of hydrogen-bond donors (Lipinski definition) is 1. The lowest BCUT2D eigenvalue weighted by atomic mass is 9.87. The third-order valence-electron chi connectivity index (χ3n) is 6.10. The smallest absolute Gasteiger partial charge is 0.142 e. The molecule has 5 heteroatoms. The molecule has 2 N–H and O–H groups in total. The largest absolute Gasteiger partial charge is 0.496 e. The summed E-state index contributed by atoms with van der Waals surface area (Å²) < 4.78 is 11.6. The number of pyridine rings is 1. The predicted octanol–water partition coefficient (Wildman–Crippen LogP) is 5.76. The molecule has 1 aliphatic carbocycles. The average Bonchev–Trinajstić information content (AvgIpc) is 2.79. The molecule has 1 aliphatic rings. The molecule has 1 aromatic heterocycles. The molecule has 0 saturated carbocycles. The first-order valence-corrected chi connectivity index (χ1v) is 11.2. The fourth-order valence-electron chi connectivity index (χ4n) is 4.39. The number of methoxy groups -OCH3 is 1. The second kappa shape index (κ2) is 9.74. The van der Waals surface area contributed by atoms with Gasteiger partial charge >= 0.3 is 0 Å². The van der Waals surface area contributed by atoms with E-state index >= 15 is 0 Å². The number of nitriles is 1. The molecule has 0 spiro atoms. The monoisotopic (exact) mass is 427 g/mol. The van der Waals surface area contributed by atoms with E-state index in [-0.39, 0.29) is 0 Å². The van der Waals surface area contributed by atoms with Crippen molar-refractivity contribution in [2.45, 2.75) is 52.1 Å². The molecule has 164 valence electrons. The summed E-state index contributed by atoms with van der Waals surface area (Å²) in [7, 11) is 1.66. The van der Waals surface area contributed by atoms with Gasteiger partial charge in [0.2, 0.25) is 0 Å². The van der Waals surface area contributed by atoms with Crippen LogP contribution in [-0.4, -0.2) is 12.1 Å². The summed E-state index contributed by atoms with van der Waals surface area (Å²) in [6.07, 6.45) is 6.41. The number of aryl methyl sites for hydroxylation is 2. The second-order valence-corrected chi connectivity index (χ2v) is 8.33. The Morgan fingerprint density at radius 3 is 2.50 bits per heavy atom. The van der Waals surface area contributed by atoms with Crippen LogP contribution in [0.1, 0.15) is 53.6 Å². The number of benzene rings is 2. The van der Waals surface area contributed by atoms with Crippen LogP contribution in [0.2, 0.25) is 0 Å². The van der Waals surface area contributed by atoms with Crippen LogP contribution in [0, 0.1) is 18.3 Å². The lowest BCUT2D eigenvalue weighted by Gasteiger charge is -2.20. The highest BCUT2D eigenvalue weighted by Crippen LogP contribution is 2.37. The van der Waals surface area contributed by atoms with Crippen molar-refractivity contribution in [2.24, 2.45) is 0 Å². The van der Waals surface area contributed by atoms with Gasteiger partial charge in [-0.2, -0.15) is 5.26 Å². The van der Waals surface area contributed by atoms with Crippen molar-refractivity contribution >= 4 is 5.82 Å². The van der Waals surface area contributed by atoms with E-state index in [1.165, 1.54) is 18.4 Å². The summed E-state index contributed by atoms with van der Waals surface area (Å²) in [6.45, 7) is 2.42. The number of nitrogens with two attached hydrogens (primary N) is 1. The summed E-state index contributed by atoms with van der Waals surface area (Å²) in [5, 5.41) is 9.91. The Bertz CT molecular complexity index is 1150. The Balaban J connectivity index is 1.77. The van der Waals surface area contributed by atoms with Crippen molar-refractivity contribution in [1.82, 2.24) is 4.98 Å². The van der Waals surface area contributed by atoms with E-state index in [0.29, 0.717) is 18.0 Å². The van der Waals surface area contributed by atoms with Gasteiger partial charge in [-0.05, 0) is 68.0 Å². The summed E-state index contributed by atoms with van der Waals surface area (Å²) in [4.78, 5) is 4.62. The highest BCUT2D eigenvalue weighted by molar-refractivity contribution is 5.80. The lowest BCUT2D eigenvalue weighted by molar-refractivity contribution is 0.296. The molecular weight excluding hydrogens is 398 g/mol. The van der Waals surface area contributed by atoms with Crippen LogP contribution in [0.5, 0.6) is 11.5 Å². The molecule has 2 aromatic carbocycles. The molecule has 0 radical (unpaired) electrons. The molecular formula is C27H29N3O2. The fourth-order valence-corrected chi connectivity index (χ4v) is 4.39. The van der Waals surface area contributed by atoms with Gasteiger partial charge in [-0.25, -0.2) is 4.98 Å². The molecule has 0 amide bonds. The Morgan fingerprint density at radius 1 is 1.03 bits per heavy atom. The highest BCUT2D eigenvalue weighted by Gasteiger charge is 2.21. The van der Waals surface area contributed by atoms with Crippen molar-refractivity contribution in [3.05, 3.63) is 70.4 Å². The molecule has 5 nitrogen and oxygen atoms in total. The third-order valence-corrected chi connectivity index (χ3v) is 6.10. The first-order chi connectivity index (χ1) is 15.6.